The van der Waals surface area contributed by atoms with Crippen LogP contribution in [0.1, 0.15) is 37.8 Å². The van der Waals surface area contributed by atoms with Crippen LogP contribution in [-0.4, -0.2) is 48.8 Å². The molecule has 0 aromatic heterocycles. The van der Waals surface area contributed by atoms with Crippen LogP contribution >= 0.6 is 0 Å². The fraction of sp³-hybridized carbons (Fsp3) is 0.632. The lowest BCUT2D eigenvalue weighted by Gasteiger charge is -2.29. The molecular weight excluding hydrogens is 300 g/mol. The lowest BCUT2D eigenvalue weighted by atomic mass is 10.1. The Morgan fingerprint density at radius 2 is 1.79 bits per heavy atom. The summed E-state index contributed by atoms with van der Waals surface area (Å²) in [4.78, 5) is 6.66. The summed E-state index contributed by atoms with van der Waals surface area (Å²) in [6, 6.07) is 8.76. The van der Waals surface area contributed by atoms with Crippen molar-refractivity contribution < 1.29 is 5.11 Å². The molecule has 1 aliphatic rings. The molecule has 1 aromatic carbocycles. The molecule has 3 N–H and O–H groups in total. The van der Waals surface area contributed by atoms with Crippen molar-refractivity contribution in [1.29, 1.82) is 0 Å². The number of aliphatic hydroxyl groups is 1. The normalized spacial score (nSPS) is 17.3. The van der Waals surface area contributed by atoms with E-state index in [1.807, 2.05) is 0 Å². The molecule has 0 bridgehead atoms. The quantitative estimate of drug-likeness (QED) is 0.551. The molecule has 1 aliphatic heterocycles. The first-order valence-corrected chi connectivity index (χ1v) is 8.99. The molecule has 1 aromatic rings. The van der Waals surface area contributed by atoms with Gasteiger partial charge in [-0.15, -0.1) is 0 Å². The first-order valence-electron chi connectivity index (χ1n) is 8.99. The molecule has 0 saturated carbocycles. The van der Waals surface area contributed by atoms with Gasteiger partial charge in [0.1, 0.15) is 0 Å². The summed E-state index contributed by atoms with van der Waals surface area (Å²) in [7, 11) is 1.80. The van der Waals surface area contributed by atoms with Gasteiger partial charge in [-0.3, -0.25) is 9.89 Å². The Morgan fingerprint density at radius 1 is 1.17 bits per heavy atom. The number of aliphatic imine (C=N–C) groups is 1. The number of aliphatic hydroxyl groups excluding tert-OH is 1. The third kappa shape index (κ3) is 6.49. The van der Waals surface area contributed by atoms with Gasteiger partial charge in [0.05, 0.1) is 6.10 Å². The van der Waals surface area contributed by atoms with Crippen molar-refractivity contribution in [2.45, 2.75) is 45.9 Å². The van der Waals surface area contributed by atoms with Gasteiger partial charge in [0, 0.05) is 39.8 Å². The third-order valence-electron chi connectivity index (χ3n) is 4.35. The second kappa shape index (κ2) is 9.64. The van der Waals surface area contributed by atoms with Gasteiger partial charge in [-0.2, -0.15) is 0 Å². The number of guanidine groups is 1. The third-order valence-corrected chi connectivity index (χ3v) is 4.35. The van der Waals surface area contributed by atoms with Gasteiger partial charge < -0.3 is 15.7 Å². The van der Waals surface area contributed by atoms with Crippen LogP contribution in [0, 0.1) is 5.92 Å². The topological polar surface area (TPSA) is 59.9 Å². The van der Waals surface area contributed by atoms with Crippen molar-refractivity contribution in [1.82, 2.24) is 15.5 Å². The summed E-state index contributed by atoms with van der Waals surface area (Å²) >= 11 is 0. The highest BCUT2D eigenvalue weighted by Gasteiger charge is 2.16. The zero-order chi connectivity index (χ0) is 17.4. The largest absolute Gasteiger partial charge is 0.393 e. The standard InChI is InChI=1S/C19H32N4O/c1-15(2)12-21-19(20-3)22-13-16-4-6-17(7-5-16)14-23-10-8-18(24)9-11-23/h4-7,15,18,24H,8-14H2,1-3H3,(H2,20,21,22). The second-order valence-electron chi connectivity index (χ2n) is 7.02. The first-order chi connectivity index (χ1) is 11.6. The molecule has 134 valence electrons. The van der Waals surface area contributed by atoms with E-state index in [1.54, 1.807) is 7.05 Å². The Bertz CT molecular complexity index is 505. The average molecular weight is 332 g/mol. The lowest BCUT2D eigenvalue weighted by Crippen LogP contribution is -2.38. The Hall–Kier alpha value is -1.59. The van der Waals surface area contributed by atoms with Crippen LogP contribution in [0.3, 0.4) is 0 Å². The highest BCUT2D eigenvalue weighted by molar-refractivity contribution is 5.79. The van der Waals surface area contributed by atoms with E-state index in [1.165, 1.54) is 11.1 Å². The van der Waals surface area contributed by atoms with Crippen LogP contribution in [0.15, 0.2) is 29.3 Å². The van der Waals surface area contributed by atoms with E-state index in [-0.39, 0.29) is 6.10 Å². The number of hydrogen-bond acceptors (Lipinski definition) is 3. The van der Waals surface area contributed by atoms with Crippen molar-refractivity contribution in [3.05, 3.63) is 35.4 Å². The number of hydrogen-bond donors (Lipinski definition) is 3. The summed E-state index contributed by atoms with van der Waals surface area (Å²) in [6.07, 6.45) is 1.68. The number of piperidine rings is 1. The summed E-state index contributed by atoms with van der Waals surface area (Å²) in [5.74, 6) is 1.44. The van der Waals surface area contributed by atoms with E-state index >= 15 is 0 Å². The molecule has 0 amide bonds. The van der Waals surface area contributed by atoms with Gasteiger partial charge in [0.15, 0.2) is 5.96 Å². The average Bonchev–Trinajstić information content (AvgIpc) is 2.58. The van der Waals surface area contributed by atoms with Crippen LogP contribution in [0.5, 0.6) is 0 Å². The second-order valence-corrected chi connectivity index (χ2v) is 7.02. The van der Waals surface area contributed by atoms with E-state index in [4.69, 9.17) is 0 Å². The Morgan fingerprint density at radius 3 is 2.38 bits per heavy atom. The van der Waals surface area contributed by atoms with Gasteiger partial charge in [-0.05, 0) is 29.9 Å². The molecule has 0 unspecified atom stereocenters. The minimum Gasteiger partial charge on any atom is -0.393 e. The molecule has 2 rings (SSSR count). The minimum absolute atomic E-state index is 0.103. The molecule has 0 atom stereocenters. The molecule has 1 saturated heterocycles. The molecule has 0 aliphatic carbocycles. The molecule has 5 heteroatoms. The van der Waals surface area contributed by atoms with E-state index in [0.29, 0.717) is 5.92 Å². The minimum atomic E-state index is -0.103. The number of likely N-dealkylation sites (tertiary alicyclic amines) is 1. The summed E-state index contributed by atoms with van der Waals surface area (Å²) in [6.45, 7) is 9.00. The van der Waals surface area contributed by atoms with Crippen LogP contribution in [0.2, 0.25) is 0 Å². The van der Waals surface area contributed by atoms with Gasteiger partial charge in [0.25, 0.3) is 0 Å². The molecule has 24 heavy (non-hydrogen) atoms. The zero-order valence-corrected chi connectivity index (χ0v) is 15.3. The van der Waals surface area contributed by atoms with Crippen molar-refractivity contribution in [3.8, 4) is 0 Å². The van der Waals surface area contributed by atoms with Gasteiger partial charge in [-0.1, -0.05) is 38.1 Å². The molecular formula is C19H32N4O. The fourth-order valence-corrected chi connectivity index (χ4v) is 2.81. The van der Waals surface area contributed by atoms with Crippen LogP contribution in [-0.2, 0) is 13.1 Å². The Balaban J connectivity index is 1.77. The molecule has 0 radical (unpaired) electrons. The summed E-state index contributed by atoms with van der Waals surface area (Å²) in [5.41, 5.74) is 2.58. The highest BCUT2D eigenvalue weighted by Crippen LogP contribution is 2.14. The molecule has 1 fully saturated rings. The van der Waals surface area contributed by atoms with Crippen LogP contribution in [0.25, 0.3) is 0 Å². The van der Waals surface area contributed by atoms with Crippen molar-refractivity contribution in [2.24, 2.45) is 10.9 Å². The highest BCUT2D eigenvalue weighted by atomic mass is 16.3. The van der Waals surface area contributed by atoms with E-state index in [2.05, 4.69) is 58.6 Å². The summed E-state index contributed by atoms with van der Waals surface area (Å²) < 4.78 is 0. The maximum absolute atomic E-state index is 9.57. The SMILES string of the molecule is CN=C(NCc1ccc(CN2CCC(O)CC2)cc1)NCC(C)C. The maximum Gasteiger partial charge on any atom is 0.191 e. The maximum atomic E-state index is 9.57. The van der Waals surface area contributed by atoms with E-state index in [0.717, 1.165) is 51.5 Å². The van der Waals surface area contributed by atoms with Crippen molar-refractivity contribution >= 4 is 5.96 Å². The van der Waals surface area contributed by atoms with Crippen LogP contribution in [0.4, 0.5) is 0 Å². The van der Waals surface area contributed by atoms with E-state index < -0.39 is 0 Å². The number of nitrogens with zero attached hydrogens (tertiary/aromatic N) is 2. The fourth-order valence-electron chi connectivity index (χ4n) is 2.81. The van der Waals surface area contributed by atoms with Gasteiger partial charge >= 0.3 is 0 Å². The monoisotopic (exact) mass is 332 g/mol. The summed E-state index contributed by atoms with van der Waals surface area (Å²) in [5, 5.41) is 16.2. The van der Waals surface area contributed by atoms with Gasteiger partial charge in [0.2, 0.25) is 0 Å². The van der Waals surface area contributed by atoms with Gasteiger partial charge in [-0.25, -0.2) is 0 Å². The Labute approximate surface area is 146 Å². The predicted octanol–water partition coefficient (Wildman–Crippen LogP) is 1.96. The number of rotatable bonds is 6. The lowest BCUT2D eigenvalue weighted by molar-refractivity contribution is 0.0792. The smallest absolute Gasteiger partial charge is 0.191 e. The molecule has 5 nitrogen and oxygen atoms in total. The number of nitrogens with one attached hydrogen (secondary N) is 2. The zero-order valence-electron chi connectivity index (χ0n) is 15.3. The molecule has 1 heterocycles. The van der Waals surface area contributed by atoms with Crippen LogP contribution < -0.4 is 10.6 Å². The predicted molar refractivity (Wildman–Crippen MR) is 100.0 cm³/mol. The first kappa shape index (κ1) is 18.7. The number of benzene rings is 1. The van der Waals surface area contributed by atoms with E-state index in [9.17, 15) is 5.11 Å². The Kier molecular flexibility index (Phi) is 7.53. The van der Waals surface area contributed by atoms with Crippen molar-refractivity contribution in [2.75, 3.05) is 26.7 Å². The molecule has 0 spiro atoms. The van der Waals surface area contributed by atoms with Crippen molar-refractivity contribution in [3.63, 3.8) is 0 Å².